The molecule has 3 rings (SSSR count). The van der Waals surface area contributed by atoms with Crippen LogP contribution in [0.3, 0.4) is 0 Å². The zero-order valence-corrected chi connectivity index (χ0v) is 13.4. The van der Waals surface area contributed by atoms with Crippen LogP contribution in [0.5, 0.6) is 5.75 Å². The summed E-state index contributed by atoms with van der Waals surface area (Å²) in [5.41, 5.74) is 2.83. The van der Waals surface area contributed by atoms with Crippen LogP contribution in [0.25, 0.3) is 6.08 Å². The second kappa shape index (κ2) is 6.71. The average Bonchev–Trinajstić information content (AvgIpc) is 2.87. The van der Waals surface area contributed by atoms with Crippen molar-refractivity contribution in [3.05, 3.63) is 64.6 Å². The van der Waals surface area contributed by atoms with Crippen molar-refractivity contribution in [2.24, 2.45) is 4.99 Å². The van der Waals surface area contributed by atoms with E-state index in [2.05, 4.69) is 17.2 Å². The van der Waals surface area contributed by atoms with E-state index in [4.69, 9.17) is 0 Å². The Labute approximate surface area is 139 Å². The highest BCUT2D eigenvalue weighted by molar-refractivity contribution is 8.18. The molecule has 1 fully saturated rings. The van der Waals surface area contributed by atoms with Gasteiger partial charge < -0.3 is 10.4 Å². The van der Waals surface area contributed by atoms with Crippen molar-refractivity contribution in [2.45, 2.75) is 13.3 Å². The van der Waals surface area contributed by atoms with Gasteiger partial charge in [-0.25, -0.2) is 4.99 Å². The summed E-state index contributed by atoms with van der Waals surface area (Å²) in [6.07, 6.45) is 2.72. The predicted molar refractivity (Wildman–Crippen MR) is 94.7 cm³/mol. The Balaban J connectivity index is 1.80. The van der Waals surface area contributed by atoms with Crippen LogP contribution in [0.4, 0.5) is 5.69 Å². The van der Waals surface area contributed by atoms with Crippen LogP contribution in [-0.4, -0.2) is 16.2 Å². The number of aryl methyl sites for hydroxylation is 1. The lowest BCUT2D eigenvalue weighted by atomic mass is 10.2. The number of aromatic hydroxyl groups is 1. The topological polar surface area (TPSA) is 61.7 Å². The molecule has 0 atom stereocenters. The first kappa shape index (κ1) is 15.4. The molecule has 1 aliphatic heterocycles. The number of aliphatic imine (C=N–C) groups is 1. The average molecular weight is 324 g/mol. The molecular formula is C18H16N2O2S. The van der Waals surface area contributed by atoms with E-state index in [0.29, 0.717) is 10.1 Å². The van der Waals surface area contributed by atoms with E-state index in [1.54, 1.807) is 24.3 Å². The summed E-state index contributed by atoms with van der Waals surface area (Å²) in [5.74, 6) is -0.00469. The van der Waals surface area contributed by atoms with Crippen molar-refractivity contribution in [3.8, 4) is 5.75 Å². The maximum absolute atomic E-state index is 12.0. The molecule has 23 heavy (non-hydrogen) atoms. The van der Waals surface area contributed by atoms with Crippen LogP contribution in [0.15, 0.2) is 58.4 Å². The largest absolute Gasteiger partial charge is 0.508 e. The Morgan fingerprint density at radius 2 is 2.00 bits per heavy atom. The Bertz CT molecular complexity index is 795. The summed E-state index contributed by atoms with van der Waals surface area (Å²) >= 11 is 1.29. The summed E-state index contributed by atoms with van der Waals surface area (Å²) in [6, 6.07) is 14.7. The van der Waals surface area contributed by atoms with E-state index >= 15 is 0 Å². The summed E-state index contributed by atoms with van der Waals surface area (Å²) in [6.45, 7) is 2.10. The van der Waals surface area contributed by atoms with Gasteiger partial charge in [0.2, 0.25) is 0 Å². The molecule has 0 spiro atoms. The molecule has 0 aliphatic carbocycles. The van der Waals surface area contributed by atoms with Crippen LogP contribution in [0.2, 0.25) is 0 Å². The van der Waals surface area contributed by atoms with Crippen LogP contribution in [-0.2, 0) is 11.2 Å². The van der Waals surface area contributed by atoms with Gasteiger partial charge in [-0.3, -0.25) is 4.79 Å². The maximum atomic E-state index is 12.0. The standard InChI is InChI=1S/C18H16N2O2S/c1-2-12-6-8-14(9-7-12)19-18-20-17(22)16(23-18)11-13-4-3-5-15(21)10-13/h3-11,21H,2H2,1H3,(H,19,20,22)/b16-11-. The summed E-state index contributed by atoms with van der Waals surface area (Å²) in [7, 11) is 0. The molecule has 5 heteroatoms. The molecule has 116 valence electrons. The molecular weight excluding hydrogens is 308 g/mol. The molecule has 1 amide bonds. The number of amides is 1. The van der Waals surface area contributed by atoms with E-state index in [1.165, 1.54) is 17.3 Å². The molecule has 2 N–H and O–H groups in total. The first-order valence-electron chi connectivity index (χ1n) is 7.31. The van der Waals surface area contributed by atoms with Crippen molar-refractivity contribution >= 4 is 34.6 Å². The van der Waals surface area contributed by atoms with Gasteiger partial charge in [-0.05, 0) is 59.7 Å². The fourth-order valence-electron chi connectivity index (χ4n) is 2.17. The molecule has 0 aromatic heterocycles. The van der Waals surface area contributed by atoms with Crippen LogP contribution in [0, 0.1) is 0 Å². The van der Waals surface area contributed by atoms with Crippen molar-refractivity contribution in [1.82, 2.24) is 5.32 Å². The molecule has 1 aliphatic rings. The van der Waals surface area contributed by atoms with Gasteiger partial charge in [0.05, 0.1) is 10.6 Å². The van der Waals surface area contributed by atoms with Gasteiger partial charge in [0, 0.05) is 0 Å². The summed E-state index contributed by atoms with van der Waals surface area (Å²) in [5, 5.41) is 12.8. The molecule has 0 bridgehead atoms. The summed E-state index contributed by atoms with van der Waals surface area (Å²) in [4.78, 5) is 17.0. The molecule has 0 unspecified atom stereocenters. The lowest BCUT2D eigenvalue weighted by Gasteiger charge is -1.98. The van der Waals surface area contributed by atoms with Crippen LogP contribution in [0.1, 0.15) is 18.1 Å². The fourth-order valence-corrected chi connectivity index (χ4v) is 3.01. The van der Waals surface area contributed by atoms with Gasteiger partial charge in [-0.15, -0.1) is 0 Å². The first-order valence-corrected chi connectivity index (χ1v) is 8.13. The van der Waals surface area contributed by atoms with Crippen LogP contribution >= 0.6 is 11.8 Å². The predicted octanol–water partition coefficient (Wildman–Crippen LogP) is 3.85. The second-order valence-electron chi connectivity index (χ2n) is 5.10. The number of carbonyl (C=O) groups excluding carboxylic acids is 1. The maximum Gasteiger partial charge on any atom is 0.264 e. The van der Waals surface area contributed by atoms with Crippen LogP contribution < -0.4 is 5.32 Å². The Morgan fingerprint density at radius 3 is 2.70 bits per heavy atom. The number of phenols is 1. The second-order valence-corrected chi connectivity index (χ2v) is 6.13. The van der Waals surface area contributed by atoms with Gasteiger partial charge in [-0.2, -0.15) is 0 Å². The minimum Gasteiger partial charge on any atom is -0.508 e. The minimum absolute atomic E-state index is 0.174. The van der Waals surface area contributed by atoms with E-state index in [0.717, 1.165) is 17.7 Å². The lowest BCUT2D eigenvalue weighted by molar-refractivity contribution is -0.115. The van der Waals surface area contributed by atoms with Gasteiger partial charge in [0.15, 0.2) is 5.17 Å². The fraction of sp³-hybridized carbons (Fsp3) is 0.111. The zero-order valence-electron chi connectivity index (χ0n) is 12.6. The Kier molecular flexibility index (Phi) is 4.48. The lowest BCUT2D eigenvalue weighted by Crippen LogP contribution is -2.19. The first-order chi connectivity index (χ1) is 11.1. The molecule has 1 saturated heterocycles. The van der Waals surface area contributed by atoms with Crippen molar-refractivity contribution in [3.63, 3.8) is 0 Å². The van der Waals surface area contributed by atoms with Gasteiger partial charge in [0.25, 0.3) is 5.91 Å². The highest BCUT2D eigenvalue weighted by Crippen LogP contribution is 2.28. The number of amidine groups is 1. The number of phenolic OH excluding ortho intramolecular Hbond substituents is 1. The number of hydrogen-bond acceptors (Lipinski definition) is 4. The number of carbonyl (C=O) groups is 1. The molecule has 1 heterocycles. The van der Waals surface area contributed by atoms with E-state index < -0.39 is 0 Å². The number of nitrogens with one attached hydrogen (secondary N) is 1. The number of rotatable bonds is 3. The number of nitrogens with zero attached hydrogens (tertiary/aromatic N) is 1. The van der Waals surface area contributed by atoms with Gasteiger partial charge in [-0.1, -0.05) is 31.2 Å². The van der Waals surface area contributed by atoms with Gasteiger partial charge >= 0.3 is 0 Å². The Morgan fingerprint density at radius 1 is 1.22 bits per heavy atom. The normalized spacial score (nSPS) is 17.7. The highest BCUT2D eigenvalue weighted by Gasteiger charge is 2.23. The molecule has 2 aromatic carbocycles. The van der Waals surface area contributed by atoms with Crippen molar-refractivity contribution in [2.75, 3.05) is 0 Å². The van der Waals surface area contributed by atoms with E-state index in [-0.39, 0.29) is 11.7 Å². The van der Waals surface area contributed by atoms with Crippen molar-refractivity contribution in [1.29, 1.82) is 0 Å². The number of thioether (sulfide) groups is 1. The molecule has 0 radical (unpaired) electrons. The Hall–Kier alpha value is -2.53. The summed E-state index contributed by atoms with van der Waals surface area (Å²) < 4.78 is 0. The molecule has 2 aromatic rings. The van der Waals surface area contributed by atoms with Gasteiger partial charge in [0.1, 0.15) is 5.75 Å². The number of benzene rings is 2. The SMILES string of the molecule is CCc1ccc(N=C2NC(=O)/C(=C/c3cccc(O)c3)S2)cc1. The third kappa shape index (κ3) is 3.81. The quantitative estimate of drug-likeness (QED) is 0.843. The third-order valence-electron chi connectivity index (χ3n) is 3.39. The number of hydrogen-bond donors (Lipinski definition) is 2. The monoisotopic (exact) mass is 324 g/mol. The van der Waals surface area contributed by atoms with E-state index in [9.17, 15) is 9.90 Å². The minimum atomic E-state index is -0.178. The smallest absolute Gasteiger partial charge is 0.264 e. The van der Waals surface area contributed by atoms with Crippen molar-refractivity contribution < 1.29 is 9.90 Å². The molecule has 0 saturated carbocycles. The highest BCUT2D eigenvalue weighted by atomic mass is 32.2. The zero-order chi connectivity index (χ0) is 16.2. The third-order valence-corrected chi connectivity index (χ3v) is 4.30. The van der Waals surface area contributed by atoms with E-state index in [1.807, 2.05) is 30.3 Å². The molecule has 4 nitrogen and oxygen atoms in total.